The first-order chi connectivity index (χ1) is 28.4. The van der Waals surface area contributed by atoms with Crippen molar-refractivity contribution in [1.29, 1.82) is 0 Å². The van der Waals surface area contributed by atoms with Gasteiger partial charge < -0.3 is 35.8 Å². The highest BCUT2D eigenvalue weighted by molar-refractivity contribution is 6.05. The summed E-state index contributed by atoms with van der Waals surface area (Å²) in [5.41, 5.74) is 10.2. The number of nitrogen functional groups attached to an aromatic ring is 1. The number of aliphatic carboxylic acids is 1. The molecule has 4 N–H and O–H groups in total. The lowest BCUT2D eigenvalue weighted by molar-refractivity contribution is -0.134. The van der Waals surface area contributed by atoms with Crippen LogP contribution in [0.2, 0.25) is 0 Å². The second-order valence-electron chi connectivity index (χ2n) is 15.2. The van der Waals surface area contributed by atoms with Crippen LogP contribution in [-0.2, 0) is 19.2 Å². The number of hydrogen-bond acceptors (Lipinski definition) is 13. The normalized spacial score (nSPS) is 19.0. The van der Waals surface area contributed by atoms with Crippen LogP contribution in [0.4, 0.5) is 34.4 Å². The summed E-state index contributed by atoms with van der Waals surface area (Å²) in [6.07, 6.45) is 20.6. The zero-order valence-corrected chi connectivity index (χ0v) is 34.6. The van der Waals surface area contributed by atoms with Gasteiger partial charge in [0.25, 0.3) is 5.97 Å². The van der Waals surface area contributed by atoms with Crippen molar-refractivity contribution in [3.8, 4) is 22.8 Å². The number of carboxylic acids is 1. The van der Waals surface area contributed by atoms with Gasteiger partial charge in [-0.15, -0.1) is 0 Å². The van der Waals surface area contributed by atoms with Gasteiger partial charge in [-0.05, 0) is 50.7 Å². The predicted molar refractivity (Wildman–Crippen MR) is 227 cm³/mol. The molecular weight excluding hydrogens is 753 g/mol. The molecule has 0 radical (unpaired) electrons. The molecule has 0 unspecified atom stereocenters. The molecule has 8 rings (SSSR count). The first-order valence-corrected chi connectivity index (χ1v) is 20.3. The molecule has 4 aromatic rings. The van der Waals surface area contributed by atoms with Gasteiger partial charge >= 0.3 is 0 Å². The number of carbonyl (C=O) groups is 4. The quantitative estimate of drug-likeness (QED) is 0.204. The van der Waals surface area contributed by atoms with Crippen LogP contribution in [0.3, 0.4) is 0 Å². The summed E-state index contributed by atoms with van der Waals surface area (Å²) < 4.78 is 0. The van der Waals surface area contributed by atoms with Gasteiger partial charge in [0.1, 0.15) is 23.5 Å². The Labute approximate surface area is 344 Å². The highest BCUT2D eigenvalue weighted by Crippen LogP contribution is 2.42. The minimum atomic E-state index is -0.833. The Bertz CT molecular complexity index is 2170. The number of nitrogens with zero attached hydrogens (tertiary/aromatic N) is 10. The molecule has 0 spiro atoms. The van der Waals surface area contributed by atoms with Crippen molar-refractivity contribution in [3.05, 3.63) is 49.3 Å². The molecule has 0 bridgehead atoms. The van der Waals surface area contributed by atoms with Gasteiger partial charge in [-0.2, -0.15) is 0 Å². The average Bonchev–Trinajstić information content (AvgIpc) is 3.96. The van der Waals surface area contributed by atoms with E-state index >= 15 is 0 Å². The number of anilines is 6. The Morgan fingerprint density at radius 2 is 1.15 bits per heavy atom. The minimum Gasteiger partial charge on any atom is -0.481 e. The maximum absolute atomic E-state index is 13.0. The Balaban J connectivity index is 0.000000183. The fourth-order valence-electron chi connectivity index (χ4n) is 8.51. The first kappa shape index (κ1) is 42.3. The number of carboxylic acid groups (broad SMARTS) is 1. The number of likely N-dealkylation sites (N-methyl/N-ethyl adjacent to an activating group) is 2. The summed E-state index contributed by atoms with van der Waals surface area (Å²) in [7, 11) is 3.59. The smallest absolute Gasteiger partial charge is 0.300 e. The lowest BCUT2D eigenvalue weighted by atomic mass is 10.0. The maximum atomic E-state index is 13.0. The fourth-order valence-corrected chi connectivity index (χ4v) is 8.51. The molecule has 2 aliphatic heterocycles. The lowest BCUT2D eigenvalue weighted by Gasteiger charge is -2.43. The van der Waals surface area contributed by atoms with Gasteiger partial charge in [0.2, 0.25) is 17.7 Å². The molecule has 2 fully saturated rings. The number of rotatable bonds is 7. The van der Waals surface area contributed by atoms with E-state index in [1.165, 1.54) is 32.6 Å². The van der Waals surface area contributed by atoms with Crippen molar-refractivity contribution in [2.24, 2.45) is 0 Å². The molecular formula is C42H54N12O5. The molecule has 6 heterocycles. The number of pyridine rings is 2. The highest BCUT2D eigenvalue weighted by atomic mass is 16.4. The highest BCUT2D eigenvalue weighted by Gasteiger charge is 2.42. The van der Waals surface area contributed by atoms with E-state index in [1.807, 2.05) is 13.0 Å². The number of fused-ring (bicyclic) bond motifs is 2. The molecule has 2 aliphatic carbocycles. The van der Waals surface area contributed by atoms with E-state index in [-0.39, 0.29) is 29.8 Å². The molecule has 4 aliphatic rings. The molecule has 312 valence electrons. The van der Waals surface area contributed by atoms with Crippen LogP contribution < -0.4 is 30.7 Å². The third-order valence-corrected chi connectivity index (χ3v) is 11.3. The van der Waals surface area contributed by atoms with Crippen LogP contribution in [0.5, 0.6) is 0 Å². The summed E-state index contributed by atoms with van der Waals surface area (Å²) in [6, 6.07) is 3.90. The molecule has 4 aromatic heterocycles. The van der Waals surface area contributed by atoms with Crippen molar-refractivity contribution >= 4 is 58.1 Å². The van der Waals surface area contributed by atoms with Gasteiger partial charge in [0.05, 0.1) is 36.2 Å². The number of carbonyl (C=O) groups excluding carboxylic acids is 3. The first-order valence-electron chi connectivity index (χ1n) is 20.3. The van der Waals surface area contributed by atoms with E-state index in [1.54, 1.807) is 67.1 Å². The molecule has 0 aromatic carbocycles. The fraction of sp³-hybridized carbons (Fsp3) is 0.476. The van der Waals surface area contributed by atoms with Crippen molar-refractivity contribution in [3.63, 3.8) is 0 Å². The summed E-state index contributed by atoms with van der Waals surface area (Å²) >= 11 is 0. The van der Waals surface area contributed by atoms with Gasteiger partial charge in [0, 0.05) is 63.5 Å². The topological polar surface area (TPSA) is 217 Å². The Morgan fingerprint density at radius 1 is 0.729 bits per heavy atom. The number of hydrogen-bond donors (Lipinski definition) is 3. The third kappa shape index (κ3) is 8.93. The number of nitrogens with two attached hydrogens (primary N) is 1. The van der Waals surface area contributed by atoms with E-state index < -0.39 is 5.97 Å². The summed E-state index contributed by atoms with van der Waals surface area (Å²) in [5, 5.41) is 10.2. The zero-order valence-electron chi connectivity index (χ0n) is 34.6. The van der Waals surface area contributed by atoms with Crippen molar-refractivity contribution in [2.45, 2.75) is 116 Å². The molecule has 2 saturated carbocycles. The second-order valence-corrected chi connectivity index (χ2v) is 15.2. The van der Waals surface area contributed by atoms with E-state index in [4.69, 9.17) is 25.6 Å². The van der Waals surface area contributed by atoms with Gasteiger partial charge in [-0.25, -0.2) is 19.9 Å². The number of nitrogens with one attached hydrogen (secondary N) is 1. The van der Waals surface area contributed by atoms with Crippen LogP contribution in [0.15, 0.2) is 49.3 Å². The van der Waals surface area contributed by atoms with E-state index in [0.717, 1.165) is 74.0 Å². The van der Waals surface area contributed by atoms with Crippen molar-refractivity contribution in [1.82, 2.24) is 29.9 Å². The Kier molecular flexibility index (Phi) is 13.3. The third-order valence-electron chi connectivity index (χ3n) is 11.3. The zero-order chi connectivity index (χ0) is 42.4. The standard InChI is InChI=1S/C21H26N6O2.C19H24N6O.C2H4O2/c1-4-17-21(29)26(3)18-12-23-19(15-9-10-22-11-16(15)24-13(2)28)25-20(18)27(17)14-7-5-6-8-14;1-3-15-19(26)24(2)16-11-22-17(13-8-9-21-10-14(13)20)23-18(16)25(15)12-6-4-5-7-12;1-2(3)4/h9-12,14,17H,4-8H2,1-3H3,(H,24,28);8-12,15H,3-7,20H2,1-2H3;1H3,(H,3,4)/t17-;15-;/m11./s1. The molecule has 3 amide bonds. The van der Waals surface area contributed by atoms with Gasteiger partial charge in [-0.1, -0.05) is 39.5 Å². The van der Waals surface area contributed by atoms with Crippen LogP contribution in [0.1, 0.15) is 91.9 Å². The predicted octanol–water partition coefficient (Wildman–Crippen LogP) is 5.72. The van der Waals surface area contributed by atoms with E-state index in [2.05, 4.69) is 42.0 Å². The Morgan fingerprint density at radius 3 is 1.58 bits per heavy atom. The SMILES string of the molecule is CC(=O)O.CC[C@@H]1C(=O)N(C)c2cnc(-c3ccncc3N)nc2N1C1CCCC1.CC[C@@H]1C(=O)N(C)c2cnc(-c3ccncc3NC(C)=O)nc2N1C1CCCC1. The second kappa shape index (κ2) is 18.6. The van der Waals surface area contributed by atoms with Crippen LogP contribution in [0.25, 0.3) is 22.8 Å². The summed E-state index contributed by atoms with van der Waals surface area (Å²) in [6.45, 7) is 6.65. The van der Waals surface area contributed by atoms with Crippen molar-refractivity contribution in [2.75, 3.05) is 44.7 Å². The van der Waals surface area contributed by atoms with Gasteiger partial charge in [-0.3, -0.25) is 29.1 Å². The monoisotopic (exact) mass is 806 g/mol. The number of aromatic nitrogens is 6. The molecule has 17 nitrogen and oxygen atoms in total. The largest absolute Gasteiger partial charge is 0.481 e. The van der Waals surface area contributed by atoms with E-state index in [9.17, 15) is 14.4 Å². The van der Waals surface area contributed by atoms with E-state index in [0.29, 0.717) is 40.7 Å². The van der Waals surface area contributed by atoms with Crippen LogP contribution in [0, 0.1) is 0 Å². The molecule has 0 saturated heterocycles. The minimum absolute atomic E-state index is 0.0890. The van der Waals surface area contributed by atoms with Crippen LogP contribution >= 0.6 is 0 Å². The summed E-state index contributed by atoms with van der Waals surface area (Å²) in [4.78, 5) is 81.2. The average molecular weight is 807 g/mol. The lowest BCUT2D eigenvalue weighted by Crippen LogP contribution is -2.55. The Hall–Kier alpha value is -6.26. The summed E-state index contributed by atoms with van der Waals surface area (Å²) in [5.74, 6) is 1.91. The van der Waals surface area contributed by atoms with Crippen molar-refractivity contribution < 1.29 is 24.3 Å². The molecule has 2 atom stereocenters. The number of amides is 3. The van der Waals surface area contributed by atoms with Gasteiger partial charge in [0.15, 0.2) is 23.3 Å². The molecule has 17 heteroatoms. The molecule has 59 heavy (non-hydrogen) atoms. The van der Waals surface area contributed by atoms with Crippen LogP contribution in [-0.4, -0.2) is 97.0 Å². The maximum Gasteiger partial charge on any atom is 0.300 e.